The first kappa shape index (κ1) is 15.7. The Balaban J connectivity index is 2.88. The minimum atomic E-state index is 1.04. The first-order valence-electron chi connectivity index (χ1n) is 7.36. The van der Waals surface area contributed by atoms with Crippen LogP contribution in [0.15, 0.2) is 4.99 Å². The number of hydrogen-bond donors (Lipinski definition) is 0. The molecule has 0 rings (SSSR count). The molecule has 0 aromatic heterocycles. The Morgan fingerprint density at radius 3 is 1.56 bits per heavy atom. The van der Waals surface area contributed by atoms with Crippen LogP contribution in [0.25, 0.3) is 0 Å². The highest BCUT2D eigenvalue weighted by molar-refractivity contribution is 5.53. The van der Waals surface area contributed by atoms with Crippen LogP contribution in [0.1, 0.15) is 84.5 Å². The van der Waals surface area contributed by atoms with E-state index in [4.69, 9.17) is 0 Å². The average Bonchev–Trinajstić information content (AvgIpc) is 2.31. The van der Waals surface area contributed by atoms with E-state index in [9.17, 15) is 0 Å². The molecule has 0 atom stereocenters. The van der Waals surface area contributed by atoms with Gasteiger partial charge in [-0.1, -0.05) is 71.1 Å². The molecular weight excluding hydrogens is 194 g/mol. The quantitative estimate of drug-likeness (QED) is 0.312. The second-order valence-corrected chi connectivity index (χ2v) is 4.70. The van der Waals surface area contributed by atoms with Gasteiger partial charge in [0, 0.05) is 6.54 Å². The molecule has 0 saturated heterocycles. The molecule has 0 N–H and O–H groups in total. The van der Waals surface area contributed by atoms with Gasteiger partial charge in [0.05, 0.1) is 0 Å². The minimum Gasteiger partial charge on any atom is -0.298 e. The van der Waals surface area contributed by atoms with E-state index in [0.29, 0.717) is 0 Å². The third-order valence-electron chi connectivity index (χ3n) is 3.07. The van der Waals surface area contributed by atoms with Gasteiger partial charge in [0.2, 0.25) is 0 Å². The molecule has 0 saturated carbocycles. The Hall–Kier alpha value is -0.330. The maximum Gasteiger partial charge on any atom is 0.0385 e. The topological polar surface area (TPSA) is 12.4 Å². The van der Waals surface area contributed by atoms with Gasteiger partial charge in [0.25, 0.3) is 0 Å². The Morgan fingerprint density at radius 2 is 1.12 bits per heavy atom. The summed E-state index contributed by atoms with van der Waals surface area (Å²) >= 11 is 0. The third kappa shape index (κ3) is 13.7. The smallest absolute Gasteiger partial charge is 0.0385 e. The lowest BCUT2D eigenvalue weighted by Crippen LogP contribution is -1.84. The summed E-state index contributed by atoms with van der Waals surface area (Å²) < 4.78 is 0. The van der Waals surface area contributed by atoms with Crippen LogP contribution in [0.2, 0.25) is 0 Å². The van der Waals surface area contributed by atoms with Gasteiger partial charge in [0.1, 0.15) is 0 Å². The fourth-order valence-corrected chi connectivity index (χ4v) is 2.00. The molecule has 0 aromatic rings. The molecule has 1 nitrogen and oxygen atoms in total. The van der Waals surface area contributed by atoms with Gasteiger partial charge in [-0.3, -0.25) is 4.99 Å². The van der Waals surface area contributed by atoms with E-state index in [1.54, 1.807) is 0 Å². The van der Waals surface area contributed by atoms with Crippen LogP contribution >= 0.6 is 0 Å². The molecule has 0 bridgehead atoms. The average molecular weight is 225 g/mol. The van der Waals surface area contributed by atoms with Crippen molar-refractivity contribution in [2.75, 3.05) is 6.54 Å². The van der Waals surface area contributed by atoms with E-state index in [1.807, 2.05) is 13.1 Å². The number of nitrogens with zero attached hydrogens (tertiary/aromatic N) is 1. The van der Waals surface area contributed by atoms with Gasteiger partial charge in [-0.25, -0.2) is 0 Å². The molecule has 0 unspecified atom stereocenters. The number of rotatable bonds is 12. The van der Waals surface area contributed by atoms with Crippen molar-refractivity contribution in [2.24, 2.45) is 4.99 Å². The Morgan fingerprint density at radius 1 is 0.688 bits per heavy atom. The molecule has 0 aliphatic heterocycles. The molecule has 16 heavy (non-hydrogen) atoms. The van der Waals surface area contributed by atoms with Crippen LogP contribution in [-0.4, -0.2) is 12.8 Å². The van der Waals surface area contributed by atoms with Gasteiger partial charge in [-0.05, 0) is 19.6 Å². The zero-order chi connectivity index (χ0) is 11.9. The van der Waals surface area contributed by atoms with Gasteiger partial charge < -0.3 is 0 Å². The molecule has 0 amide bonds. The lowest BCUT2D eigenvalue weighted by atomic mass is 10.1. The summed E-state index contributed by atoms with van der Waals surface area (Å²) in [6.45, 7) is 5.31. The van der Waals surface area contributed by atoms with Crippen molar-refractivity contribution in [2.45, 2.75) is 84.5 Å². The van der Waals surface area contributed by atoms with Crippen LogP contribution < -0.4 is 0 Å². The molecule has 0 aliphatic carbocycles. The maximum atomic E-state index is 4.22. The van der Waals surface area contributed by atoms with Crippen molar-refractivity contribution in [3.8, 4) is 0 Å². The molecule has 0 radical (unpaired) electrons. The fraction of sp³-hybridized carbons (Fsp3) is 0.933. The van der Waals surface area contributed by atoms with E-state index < -0.39 is 0 Å². The van der Waals surface area contributed by atoms with Crippen molar-refractivity contribution in [1.29, 1.82) is 0 Å². The van der Waals surface area contributed by atoms with Crippen LogP contribution in [0, 0.1) is 0 Å². The van der Waals surface area contributed by atoms with E-state index >= 15 is 0 Å². The minimum absolute atomic E-state index is 1.04. The van der Waals surface area contributed by atoms with Crippen LogP contribution in [0.3, 0.4) is 0 Å². The first-order chi connectivity index (χ1) is 7.91. The predicted molar refractivity (Wildman–Crippen MR) is 75.5 cm³/mol. The molecule has 0 fully saturated rings. The van der Waals surface area contributed by atoms with E-state index in [1.165, 1.54) is 70.6 Å². The summed E-state index contributed by atoms with van der Waals surface area (Å²) in [5, 5.41) is 0. The Labute approximate surface area is 103 Å². The summed E-state index contributed by atoms with van der Waals surface area (Å²) in [4.78, 5) is 4.22. The zero-order valence-electron chi connectivity index (χ0n) is 11.5. The monoisotopic (exact) mass is 225 g/mol. The summed E-state index contributed by atoms with van der Waals surface area (Å²) in [6, 6.07) is 0. The third-order valence-corrected chi connectivity index (χ3v) is 3.07. The molecule has 0 aliphatic rings. The van der Waals surface area contributed by atoms with Gasteiger partial charge in [-0.15, -0.1) is 0 Å². The highest BCUT2D eigenvalue weighted by atomic mass is 14.7. The summed E-state index contributed by atoms with van der Waals surface area (Å²) in [6.07, 6.45) is 17.5. The van der Waals surface area contributed by atoms with Crippen molar-refractivity contribution < 1.29 is 0 Å². The summed E-state index contributed by atoms with van der Waals surface area (Å²) in [5.41, 5.74) is 0. The molecule has 0 heterocycles. The van der Waals surface area contributed by atoms with Gasteiger partial charge in [-0.2, -0.15) is 0 Å². The first-order valence-corrected chi connectivity index (χ1v) is 7.36. The second kappa shape index (κ2) is 14.7. The van der Waals surface area contributed by atoms with Crippen molar-refractivity contribution in [3.63, 3.8) is 0 Å². The lowest BCUT2D eigenvalue weighted by molar-refractivity contribution is 0.551. The molecule has 0 aromatic carbocycles. The van der Waals surface area contributed by atoms with E-state index in [-0.39, 0.29) is 0 Å². The fourth-order valence-electron chi connectivity index (χ4n) is 2.00. The van der Waals surface area contributed by atoms with Crippen molar-refractivity contribution in [1.82, 2.24) is 0 Å². The lowest BCUT2D eigenvalue weighted by Gasteiger charge is -2.01. The molecule has 96 valence electrons. The van der Waals surface area contributed by atoms with Crippen molar-refractivity contribution in [3.05, 3.63) is 0 Å². The number of hydrogen-bond acceptors (Lipinski definition) is 1. The Kier molecular flexibility index (Phi) is 14.4. The van der Waals surface area contributed by atoms with E-state index in [2.05, 4.69) is 11.9 Å². The number of unbranched alkanes of at least 4 members (excludes halogenated alkanes) is 10. The van der Waals surface area contributed by atoms with Gasteiger partial charge >= 0.3 is 0 Å². The Bertz CT molecular complexity index is 140. The van der Waals surface area contributed by atoms with Gasteiger partial charge in [0.15, 0.2) is 0 Å². The van der Waals surface area contributed by atoms with E-state index in [0.717, 1.165) is 6.54 Å². The zero-order valence-corrected chi connectivity index (χ0v) is 11.5. The number of aliphatic imine (C=N–C) groups is 1. The largest absolute Gasteiger partial charge is 0.298 e. The maximum absolute atomic E-state index is 4.22. The summed E-state index contributed by atoms with van der Waals surface area (Å²) in [7, 11) is 0. The predicted octanol–water partition coefficient (Wildman–Crippen LogP) is 5.39. The highest BCUT2D eigenvalue weighted by Gasteiger charge is 1.92. The second-order valence-electron chi connectivity index (χ2n) is 4.70. The standard InChI is InChI=1S/C15H31N/c1-3-5-6-7-8-9-10-11-12-13-14-15-16-4-2/h4H,3,5-15H2,1-2H3. The van der Waals surface area contributed by atoms with Crippen LogP contribution in [0.5, 0.6) is 0 Å². The summed E-state index contributed by atoms with van der Waals surface area (Å²) in [5.74, 6) is 0. The van der Waals surface area contributed by atoms with Crippen LogP contribution in [0.4, 0.5) is 0 Å². The molecule has 1 heteroatoms. The SMILES string of the molecule is CC=NCCCCCCCCCCCCC. The molecule has 0 spiro atoms. The van der Waals surface area contributed by atoms with Crippen molar-refractivity contribution >= 4 is 6.21 Å². The normalized spacial score (nSPS) is 11.4. The highest BCUT2D eigenvalue weighted by Crippen LogP contribution is 2.11. The van der Waals surface area contributed by atoms with Crippen LogP contribution in [-0.2, 0) is 0 Å². The molecular formula is C15H31N.